The number of hydrogen-bond donors (Lipinski definition) is 0. The average molecular weight is 419 g/mol. The van der Waals surface area contributed by atoms with Crippen LogP contribution in [0.1, 0.15) is 39.8 Å². The molecule has 0 amide bonds. The maximum absolute atomic E-state index is 12.7. The first-order valence-electron chi connectivity index (χ1n) is 7.21. The Labute approximate surface area is 140 Å². The van der Waals surface area contributed by atoms with Crippen LogP contribution in [-0.2, 0) is 4.84 Å². The van der Waals surface area contributed by atoms with E-state index in [0.29, 0.717) is 9.78 Å². The minimum atomic E-state index is -0.480. The molecular weight excluding hydrogens is 397 g/mol. The number of benzene rings is 1. The third-order valence-electron chi connectivity index (χ3n) is 3.42. The first-order valence-corrected chi connectivity index (χ1v) is 9.81. The molecule has 2 aromatic rings. The molecule has 1 heterocycles. The summed E-state index contributed by atoms with van der Waals surface area (Å²) in [7, 11) is 1.37. The summed E-state index contributed by atoms with van der Waals surface area (Å²) in [6.45, 7) is 8.05. The van der Waals surface area contributed by atoms with E-state index in [2.05, 4.69) is 4.84 Å². The quantitative estimate of drug-likeness (QED) is 0.275. The second-order valence-corrected chi connectivity index (χ2v) is 8.30. The molecule has 0 spiro atoms. The molecule has 7 heteroatoms. The number of halogens is 1. The summed E-state index contributed by atoms with van der Waals surface area (Å²) in [5, 5.41) is 11.8. The van der Waals surface area contributed by atoms with Gasteiger partial charge < -0.3 is 0 Å². The van der Waals surface area contributed by atoms with Gasteiger partial charge in [-0.2, -0.15) is 0 Å². The molecule has 0 fully saturated rings. The Morgan fingerprint density at radius 1 is 1.18 bits per heavy atom. The zero-order valence-electron chi connectivity index (χ0n) is 13.5. The van der Waals surface area contributed by atoms with Crippen LogP contribution in [0.4, 0.5) is 0 Å². The summed E-state index contributed by atoms with van der Waals surface area (Å²) in [5.41, 5.74) is 1.92. The zero-order valence-corrected chi connectivity index (χ0v) is 15.7. The van der Waals surface area contributed by atoms with Crippen LogP contribution in [0.2, 0.25) is 0 Å². The number of aromatic nitrogens is 2. The molecule has 0 bridgehead atoms. The van der Waals surface area contributed by atoms with Crippen molar-refractivity contribution in [1.82, 2.24) is 14.4 Å². The first-order chi connectivity index (χ1) is 10.4. The topological polar surface area (TPSA) is 62.5 Å². The Hall–Kier alpha value is -0.900. The van der Waals surface area contributed by atoms with Gasteiger partial charge >= 0.3 is 140 Å². The Morgan fingerprint density at radius 2 is 1.77 bits per heavy atom. The van der Waals surface area contributed by atoms with E-state index in [0.717, 1.165) is 14.6 Å². The number of hydroxylamine groups is 2. The summed E-state index contributed by atoms with van der Waals surface area (Å²) in [6.07, 6.45) is 0. The van der Waals surface area contributed by atoms with E-state index in [9.17, 15) is 10.0 Å². The molecule has 2 rings (SSSR count). The monoisotopic (exact) mass is 419 g/mol. The van der Waals surface area contributed by atoms with Crippen LogP contribution in [0.25, 0.3) is 11.0 Å². The Kier molecular flexibility index (Phi) is 5.65. The van der Waals surface area contributed by atoms with Gasteiger partial charge in [0.05, 0.1) is 0 Å². The van der Waals surface area contributed by atoms with Gasteiger partial charge in [0.2, 0.25) is 0 Å². The number of imidazole rings is 1. The molecule has 0 saturated heterocycles. The molecule has 0 aliphatic carbocycles. The summed E-state index contributed by atoms with van der Waals surface area (Å²) >= 11 is -0.480. The van der Waals surface area contributed by atoms with E-state index < -0.39 is 21.2 Å². The first kappa shape index (κ1) is 17.5. The number of alkyl halides is 1. The summed E-state index contributed by atoms with van der Waals surface area (Å²) in [4.78, 5) is 17.3. The minimum absolute atomic E-state index is 0.0256. The Morgan fingerprint density at radius 3 is 2.32 bits per heavy atom. The fraction of sp³-hybridized carbons (Fsp3) is 0.533. The summed E-state index contributed by atoms with van der Waals surface area (Å²) < 4.78 is 5.15. The van der Waals surface area contributed by atoms with Crippen molar-refractivity contribution in [3.63, 3.8) is 0 Å². The van der Waals surface area contributed by atoms with Crippen LogP contribution < -0.4 is 26.9 Å². The molecule has 124 valence electrons. The van der Waals surface area contributed by atoms with Crippen molar-refractivity contribution < 1.29 is 26.0 Å². The van der Waals surface area contributed by atoms with E-state index in [1.165, 1.54) is 7.11 Å². The second kappa shape index (κ2) is 7.12. The van der Waals surface area contributed by atoms with Gasteiger partial charge in [0, 0.05) is 0 Å². The van der Waals surface area contributed by atoms with E-state index in [1.54, 1.807) is 0 Å². The standard InChI is InChI=1S/C15H22IN3O3/c1-10(2)18-13-7-6-12(16-9-17(21)22-5)8-14(13)19(11(3)4)15(18)20/h6-8,10-11H,9H2,1-5H3/q-2. The number of fused-ring (bicyclic) bond motifs is 1. The third-order valence-corrected chi connectivity index (χ3v) is 5.87. The average Bonchev–Trinajstić information content (AvgIpc) is 2.75. The molecular formula is C15H22IN3O3-2. The Bertz CT molecular complexity index is 706. The Balaban J connectivity index is 2.51. The van der Waals surface area contributed by atoms with Crippen molar-refractivity contribution in [3.8, 4) is 0 Å². The fourth-order valence-electron chi connectivity index (χ4n) is 2.46. The molecule has 22 heavy (non-hydrogen) atoms. The van der Waals surface area contributed by atoms with Gasteiger partial charge in [-0.15, -0.1) is 0 Å². The van der Waals surface area contributed by atoms with Crippen LogP contribution in [0.3, 0.4) is 0 Å². The third kappa shape index (κ3) is 3.37. The van der Waals surface area contributed by atoms with E-state index in [-0.39, 0.29) is 17.8 Å². The van der Waals surface area contributed by atoms with Crippen molar-refractivity contribution in [1.29, 1.82) is 0 Å². The van der Waals surface area contributed by atoms with Gasteiger partial charge in [-0.1, -0.05) is 0 Å². The molecule has 0 aliphatic heterocycles. The molecule has 1 aromatic carbocycles. The fourth-order valence-corrected chi connectivity index (χ4v) is 4.36. The molecule has 0 unspecified atom stereocenters. The van der Waals surface area contributed by atoms with Crippen LogP contribution in [0, 0.1) is 8.78 Å². The molecule has 0 radical (unpaired) electrons. The SMILES string of the molecule is CON([O-])C[I-]c1ccc2c(c1)n(C(C)C)c(=O)n2C(C)C. The van der Waals surface area contributed by atoms with Gasteiger partial charge in [-0.05, 0) is 0 Å². The van der Waals surface area contributed by atoms with E-state index in [1.807, 2.05) is 55.0 Å². The normalized spacial score (nSPS) is 12.4. The molecule has 1 aromatic heterocycles. The van der Waals surface area contributed by atoms with Crippen molar-refractivity contribution in [2.24, 2.45) is 0 Å². The van der Waals surface area contributed by atoms with Crippen LogP contribution >= 0.6 is 0 Å². The molecule has 0 aliphatic rings. The molecule has 0 atom stereocenters. The predicted molar refractivity (Wildman–Crippen MR) is 82.7 cm³/mol. The van der Waals surface area contributed by atoms with Crippen molar-refractivity contribution in [2.45, 2.75) is 39.8 Å². The molecule has 6 nitrogen and oxygen atoms in total. The van der Waals surface area contributed by atoms with Crippen molar-refractivity contribution in [3.05, 3.63) is 37.5 Å². The molecule has 0 N–H and O–H groups in total. The van der Waals surface area contributed by atoms with Crippen molar-refractivity contribution >= 4 is 11.0 Å². The number of hydrogen-bond acceptors (Lipinski definition) is 4. The predicted octanol–water partition coefficient (Wildman–Crippen LogP) is -0.458. The van der Waals surface area contributed by atoms with Crippen LogP contribution in [-0.4, -0.2) is 26.0 Å². The second-order valence-electron chi connectivity index (χ2n) is 5.61. The maximum atomic E-state index is 12.7. The van der Waals surface area contributed by atoms with Gasteiger partial charge in [-0.25, -0.2) is 0 Å². The number of rotatable bonds is 6. The van der Waals surface area contributed by atoms with Crippen LogP contribution in [0.15, 0.2) is 23.0 Å². The summed E-state index contributed by atoms with van der Waals surface area (Å²) in [5.74, 6) is 0. The number of nitrogens with zero attached hydrogens (tertiary/aromatic N) is 3. The summed E-state index contributed by atoms with van der Waals surface area (Å²) in [6, 6.07) is 6.26. The van der Waals surface area contributed by atoms with Gasteiger partial charge in [0.25, 0.3) is 0 Å². The van der Waals surface area contributed by atoms with Gasteiger partial charge in [0.1, 0.15) is 0 Å². The zero-order chi connectivity index (χ0) is 16.4. The van der Waals surface area contributed by atoms with Crippen molar-refractivity contribution in [2.75, 3.05) is 11.7 Å². The van der Waals surface area contributed by atoms with Gasteiger partial charge in [-0.3, -0.25) is 0 Å². The van der Waals surface area contributed by atoms with E-state index in [4.69, 9.17) is 0 Å². The van der Waals surface area contributed by atoms with E-state index >= 15 is 0 Å². The van der Waals surface area contributed by atoms with Gasteiger partial charge in [0.15, 0.2) is 0 Å². The molecule has 0 saturated carbocycles. The van der Waals surface area contributed by atoms with Crippen LogP contribution in [0.5, 0.6) is 0 Å².